The van der Waals surface area contributed by atoms with E-state index in [0.29, 0.717) is 18.2 Å². The van der Waals surface area contributed by atoms with Gasteiger partial charge in [0, 0.05) is 13.6 Å². The minimum absolute atomic E-state index is 0.0323. The zero-order chi connectivity index (χ0) is 22.7. The van der Waals surface area contributed by atoms with Gasteiger partial charge < -0.3 is 19.7 Å². The third-order valence-electron chi connectivity index (χ3n) is 5.16. The summed E-state index contributed by atoms with van der Waals surface area (Å²) in [7, 11) is 1.54. The molecular formula is C23H25N5O4. The molecule has 0 radical (unpaired) electrons. The van der Waals surface area contributed by atoms with E-state index in [9.17, 15) is 14.7 Å². The molecule has 9 nitrogen and oxygen atoms in total. The highest BCUT2D eigenvalue weighted by Crippen LogP contribution is 2.18. The molecule has 0 saturated carbocycles. The van der Waals surface area contributed by atoms with E-state index in [2.05, 4.69) is 15.3 Å². The van der Waals surface area contributed by atoms with Crippen molar-refractivity contribution in [2.24, 2.45) is 7.05 Å². The highest BCUT2D eigenvalue weighted by atomic mass is 16.5. The van der Waals surface area contributed by atoms with Gasteiger partial charge in [-0.1, -0.05) is 48.0 Å². The molecule has 2 heterocycles. The van der Waals surface area contributed by atoms with Crippen LogP contribution in [0.5, 0.6) is 5.75 Å². The Labute approximate surface area is 183 Å². The number of H-pyrrole nitrogens is 1. The predicted molar refractivity (Wildman–Crippen MR) is 122 cm³/mol. The third-order valence-corrected chi connectivity index (χ3v) is 5.16. The Morgan fingerprint density at radius 2 is 1.84 bits per heavy atom. The van der Waals surface area contributed by atoms with Crippen LogP contribution in [0.3, 0.4) is 0 Å². The molecule has 9 heteroatoms. The first kappa shape index (κ1) is 21.4. The average molecular weight is 435 g/mol. The summed E-state index contributed by atoms with van der Waals surface area (Å²) in [6.45, 7) is 2.54. The van der Waals surface area contributed by atoms with Crippen LogP contribution in [-0.4, -0.2) is 36.9 Å². The van der Waals surface area contributed by atoms with Gasteiger partial charge in [0.2, 0.25) is 5.95 Å². The Bertz CT molecular complexity index is 1320. The number of benzene rings is 2. The Balaban J connectivity index is 1.61. The number of imidazole rings is 1. The second-order valence-corrected chi connectivity index (χ2v) is 7.65. The summed E-state index contributed by atoms with van der Waals surface area (Å²) in [6, 6.07) is 17.2. The molecule has 32 heavy (non-hydrogen) atoms. The molecule has 0 fully saturated rings. The van der Waals surface area contributed by atoms with Crippen LogP contribution < -0.4 is 21.3 Å². The molecule has 2 aromatic heterocycles. The van der Waals surface area contributed by atoms with Gasteiger partial charge in [-0.2, -0.15) is 4.98 Å². The van der Waals surface area contributed by atoms with Crippen molar-refractivity contribution in [3.63, 3.8) is 0 Å². The standard InChI is InChI=1S/C23H25N5O4/c1-15-8-10-18(11-9-15)32-14-17(29)13-28-19-20(27(2)23(31)26-21(19)30)25-22(28)24-12-16-6-4-3-5-7-16/h3-11,17,29H,12-14H2,1-2H3,(H,24,25)(H,26,30,31)/t17-/m0/s1. The van der Waals surface area contributed by atoms with Crippen molar-refractivity contribution in [3.05, 3.63) is 86.6 Å². The number of rotatable bonds is 8. The fraction of sp³-hybridized carbons (Fsp3) is 0.261. The van der Waals surface area contributed by atoms with Gasteiger partial charge in [-0.15, -0.1) is 0 Å². The molecule has 0 spiro atoms. The van der Waals surface area contributed by atoms with Gasteiger partial charge in [-0.3, -0.25) is 14.3 Å². The van der Waals surface area contributed by atoms with Crippen molar-refractivity contribution in [2.75, 3.05) is 11.9 Å². The van der Waals surface area contributed by atoms with Crippen LogP contribution in [0.4, 0.5) is 5.95 Å². The summed E-state index contributed by atoms with van der Waals surface area (Å²) in [5.74, 6) is 1.03. The summed E-state index contributed by atoms with van der Waals surface area (Å²) < 4.78 is 8.54. The molecule has 1 atom stereocenters. The molecule has 4 rings (SSSR count). The van der Waals surface area contributed by atoms with E-state index in [1.807, 2.05) is 61.5 Å². The quantitative estimate of drug-likeness (QED) is 0.389. The third kappa shape index (κ3) is 4.57. The normalized spacial score (nSPS) is 12.1. The molecule has 2 aromatic carbocycles. The monoisotopic (exact) mass is 435 g/mol. The van der Waals surface area contributed by atoms with Crippen LogP contribution in [0.1, 0.15) is 11.1 Å². The molecule has 0 amide bonds. The van der Waals surface area contributed by atoms with E-state index < -0.39 is 17.4 Å². The molecule has 0 unspecified atom stereocenters. The molecule has 4 aromatic rings. The SMILES string of the molecule is Cc1ccc(OC[C@@H](O)Cn2c(NCc3ccccc3)nc3c2c(=O)[nH]c(=O)n3C)cc1. The van der Waals surface area contributed by atoms with Gasteiger partial charge in [0.1, 0.15) is 18.5 Å². The van der Waals surface area contributed by atoms with Crippen molar-refractivity contribution >= 4 is 17.1 Å². The zero-order valence-electron chi connectivity index (χ0n) is 17.9. The van der Waals surface area contributed by atoms with Gasteiger partial charge in [-0.25, -0.2) is 4.79 Å². The Morgan fingerprint density at radius 3 is 2.56 bits per heavy atom. The van der Waals surface area contributed by atoms with E-state index >= 15 is 0 Å². The Morgan fingerprint density at radius 1 is 1.12 bits per heavy atom. The van der Waals surface area contributed by atoms with E-state index in [1.165, 1.54) is 11.6 Å². The first-order valence-electron chi connectivity index (χ1n) is 10.3. The molecule has 0 aliphatic heterocycles. The van der Waals surface area contributed by atoms with Gasteiger partial charge in [0.15, 0.2) is 11.2 Å². The van der Waals surface area contributed by atoms with E-state index in [4.69, 9.17) is 4.74 Å². The first-order valence-corrected chi connectivity index (χ1v) is 10.3. The second kappa shape index (κ2) is 9.11. The van der Waals surface area contributed by atoms with Crippen molar-refractivity contribution in [3.8, 4) is 5.75 Å². The number of nitrogens with one attached hydrogen (secondary N) is 2. The van der Waals surface area contributed by atoms with Crippen LogP contribution in [0.25, 0.3) is 11.2 Å². The number of anilines is 1. The molecular weight excluding hydrogens is 410 g/mol. The summed E-state index contributed by atoms with van der Waals surface area (Å²) in [4.78, 5) is 31.4. The summed E-state index contributed by atoms with van der Waals surface area (Å²) in [5.41, 5.74) is 1.47. The first-order chi connectivity index (χ1) is 15.4. The van der Waals surface area contributed by atoms with Gasteiger partial charge >= 0.3 is 5.69 Å². The number of hydrogen-bond acceptors (Lipinski definition) is 6. The molecule has 166 valence electrons. The highest BCUT2D eigenvalue weighted by Gasteiger charge is 2.20. The molecule has 0 saturated heterocycles. The minimum Gasteiger partial charge on any atom is -0.491 e. The molecule has 0 aliphatic carbocycles. The van der Waals surface area contributed by atoms with E-state index in [-0.39, 0.29) is 24.3 Å². The topological polar surface area (TPSA) is 114 Å². The number of fused-ring (bicyclic) bond motifs is 1. The average Bonchev–Trinajstić information content (AvgIpc) is 3.15. The second-order valence-electron chi connectivity index (χ2n) is 7.65. The molecule has 0 bridgehead atoms. The predicted octanol–water partition coefficient (Wildman–Crippen LogP) is 1.78. The largest absolute Gasteiger partial charge is 0.491 e. The number of aliphatic hydroxyl groups is 1. The number of ether oxygens (including phenoxy) is 1. The zero-order valence-corrected chi connectivity index (χ0v) is 17.9. The Hall–Kier alpha value is -3.85. The van der Waals surface area contributed by atoms with Crippen LogP contribution >= 0.6 is 0 Å². The van der Waals surface area contributed by atoms with Crippen LogP contribution in [0.15, 0.2) is 64.2 Å². The van der Waals surface area contributed by atoms with Crippen molar-refractivity contribution < 1.29 is 9.84 Å². The lowest BCUT2D eigenvalue weighted by Gasteiger charge is -2.16. The van der Waals surface area contributed by atoms with Gasteiger partial charge in [-0.05, 0) is 24.6 Å². The maximum absolute atomic E-state index is 12.6. The smallest absolute Gasteiger partial charge is 0.329 e. The number of aliphatic hydroxyl groups excluding tert-OH is 1. The fourth-order valence-corrected chi connectivity index (χ4v) is 3.41. The van der Waals surface area contributed by atoms with Crippen LogP contribution in [-0.2, 0) is 20.1 Å². The maximum atomic E-state index is 12.6. The van der Waals surface area contributed by atoms with Crippen molar-refractivity contribution in [1.82, 2.24) is 19.1 Å². The van der Waals surface area contributed by atoms with Crippen molar-refractivity contribution in [1.29, 1.82) is 0 Å². The van der Waals surface area contributed by atoms with E-state index in [0.717, 1.165) is 11.1 Å². The minimum atomic E-state index is -0.914. The summed E-state index contributed by atoms with van der Waals surface area (Å²) in [6.07, 6.45) is -0.914. The number of nitrogens with zero attached hydrogens (tertiary/aromatic N) is 3. The lowest BCUT2D eigenvalue weighted by atomic mass is 10.2. The maximum Gasteiger partial charge on any atom is 0.329 e. The molecule has 0 aliphatic rings. The van der Waals surface area contributed by atoms with Crippen LogP contribution in [0.2, 0.25) is 0 Å². The lowest BCUT2D eigenvalue weighted by Crippen LogP contribution is -2.31. The van der Waals surface area contributed by atoms with Gasteiger partial charge in [0.25, 0.3) is 5.56 Å². The Kier molecular flexibility index (Phi) is 6.09. The molecule has 3 N–H and O–H groups in total. The number of aromatic amines is 1. The fourth-order valence-electron chi connectivity index (χ4n) is 3.41. The van der Waals surface area contributed by atoms with Gasteiger partial charge in [0.05, 0.1) is 6.54 Å². The summed E-state index contributed by atoms with van der Waals surface area (Å²) in [5, 5.41) is 13.8. The van der Waals surface area contributed by atoms with Crippen LogP contribution in [0, 0.1) is 6.92 Å². The number of aryl methyl sites for hydroxylation is 2. The van der Waals surface area contributed by atoms with E-state index in [1.54, 1.807) is 4.57 Å². The number of hydrogen-bond donors (Lipinski definition) is 3. The summed E-state index contributed by atoms with van der Waals surface area (Å²) >= 11 is 0. The number of aromatic nitrogens is 4. The van der Waals surface area contributed by atoms with Crippen molar-refractivity contribution in [2.45, 2.75) is 26.1 Å². The highest BCUT2D eigenvalue weighted by molar-refractivity contribution is 5.74. The lowest BCUT2D eigenvalue weighted by molar-refractivity contribution is 0.0938.